The van der Waals surface area contributed by atoms with E-state index in [9.17, 15) is 19.1 Å². The number of carboxylic acids is 1. The first-order valence-electron chi connectivity index (χ1n) is 15.0. The van der Waals surface area contributed by atoms with E-state index in [4.69, 9.17) is 9.72 Å². The molecule has 1 unspecified atom stereocenters. The van der Waals surface area contributed by atoms with Crippen molar-refractivity contribution in [3.8, 4) is 17.1 Å². The van der Waals surface area contributed by atoms with E-state index in [2.05, 4.69) is 0 Å². The Kier molecular flexibility index (Phi) is 8.34. The third-order valence-electron chi connectivity index (χ3n) is 8.33. The molecule has 1 saturated carbocycles. The summed E-state index contributed by atoms with van der Waals surface area (Å²) < 4.78 is 38.3. The highest BCUT2D eigenvalue weighted by Gasteiger charge is 2.25. The van der Waals surface area contributed by atoms with Crippen molar-refractivity contribution in [1.29, 1.82) is 0 Å². The normalized spacial score (nSPS) is 14.3. The van der Waals surface area contributed by atoms with E-state index in [-0.39, 0.29) is 28.8 Å². The lowest BCUT2D eigenvalue weighted by atomic mass is 9.94. The second-order valence-electron chi connectivity index (χ2n) is 11.6. The van der Waals surface area contributed by atoms with Gasteiger partial charge in [-0.2, -0.15) is 0 Å². The minimum absolute atomic E-state index is 0.116. The van der Waals surface area contributed by atoms with Crippen LogP contribution in [0.3, 0.4) is 0 Å². The molecule has 230 valence electrons. The molecule has 1 amide bonds. The number of halogens is 2. The third kappa shape index (κ3) is 6.16. The molecule has 1 aromatic heterocycles. The summed E-state index contributed by atoms with van der Waals surface area (Å²) in [5.74, 6) is -1.50. The lowest BCUT2D eigenvalue weighted by Gasteiger charge is -2.26. The first-order chi connectivity index (χ1) is 21.7. The smallest absolute Gasteiger partial charge is 0.335 e. The van der Waals surface area contributed by atoms with Crippen LogP contribution in [0.4, 0.5) is 8.78 Å². The zero-order valence-corrected chi connectivity index (χ0v) is 25.0. The minimum atomic E-state index is -1.05. The summed E-state index contributed by atoms with van der Waals surface area (Å²) in [5, 5.41) is 9.53. The molecule has 0 bridgehead atoms. The number of carboxylic acid groups (broad SMARTS) is 1. The molecule has 0 spiro atoms. The molecular formula is C36H33F2N3O4. The van der Waals surface area contributed by atoms with Crippen LogP contribution in [-0.2, 0) is 0 Å². The molecule has 1 heterocycles. The predicted octanol–water partition coefficient (Wildman–Crippen LogP) is 8.06. The van der Waals surface area contributed by atoms with Crippen LogP contribution in [0.25, 0.3) is 22.4 Å². The van der Waals surface area contributed by atoms with E-state index in [1.165, 1.54) is 29.2 Å². The van der Waals surface area contributed by atoms with Crippen LogP contribution in [0.15, 0.2) is 84.9 Å². The summed E-state index contributed by atoms with van der Waals surface area (Å²) in [6, 6.07) is 22.4. The Morgan fingerprint density at radius 3 is 2.33 bits per heavy atom. The average molecular weight is 610 g/mol. The molecule has 1 atom stereocenters. The summed E-state index contributed by atoms with van der Waals surface area (Å²) in [6.07, 6.45) is 4.35. The van der Waals surface area contributed by atoms with Gasteiger partial charge in [0.05, 0.1) is 22.2 Å². The number of benzene rings is 4. The number of amides is 1. The second-order valence-corrected chi connectivity index (χ2v) is 11.6. The van der Waals surface area contributed by atoms with Gasteiger partial charge < -0.3 is 19.3 Å². The first-order valence-corrected chi connectivity index (χ1v) is 15.0. The fourth-order valence-corrected chi connectivity index (χ4v) is 6.08. The number of carbonyl (C=O) groups is 2. The van der Waals surface area contributed by atoms with Crippen molar-refractivity contribution in [1.82, 2.24) is 14.5 Å². The number of nitrogens with zero attached hydrogens (tertiary/aromatic N) is 3. The van der Waals surface area contributed by atoms with Crippen molar-refractivity contribution in [2.75, 3.05) is 14.1 Å². The maximum absolute atomic E-state index is 16.1. The van der Waals surface area contributed by atoms with E-state index in [0.717, 1.165) is 37.6 Å². The van der Waals surface area contributed by atoms with Crippen LogP contribution in [-0.4, -0.2) is 45.5 Å². The Morgan fingerprint density at radius 2 is 1.64 bits per heavy atom. The second kappa shape index (κ2) is 12.5. The van der Waals surface area contributed by atoms with Gasteiger partial charge in [0.1, 0.15) is 29.3 Å². The summed E-state index contributed by atoms with van der Waals surface area (Å²) in [7, 11) is 3.34. The quantitative estimate of drug-likeness (QED) is 0.192. The monoisotopic (exact) mass is 609 g/mol. The van der Waals surface area contributed by atoms with Gasteiger partial charge in [0.25, 0.3) is 5.91 Å². The molecule has 1 fully saturated rings. The molecule has 9 heteroatoms. The number of fused-ring (bicyclic) bond motifs is 1. The van der Waals surface area contributed by atoms with E-state index in [0.29, 0.717) is 28.0 Å². The van der Waals surface area contributed by atoms with E-state index >= 15 is 4.39 Å². The van der Waals surface area contributed by atoms with Crippen LogP contribution in [0, 0.1) is 11.6 Å². The third-order valence-corrected chi connectivity index (χ3v) is 8.33. The minimum Gasteiger partial charge on any atom is -0.481 e. The average Bonchev–Trinajstić information content (AvgIpc) is 3.42. The van der Waals surface area contributed by atoms with Gasteiger partial charge in [-0.3, -0.25) is 4.79 Å². The highest BCUT2D eigenvalue weighted by Crippen LogP contribution is 2.38. The molecule has 5 aromatic rings. The Balaban J connectivity index is 1.40. The Labute approximate surface area is 259 Å². The van der Waals surface area contributed by atoms with Gasteiger partial charge in [0, 0.05) is 31.8 Å². The van der Waals surface area contributed by atoms with Gasteiger partial charge in [-0.05, 0) is 78.6 Å². The lowest BCUT2D eigenvalue weighted by molar-refractivity contribution is 0.0696. The van der Waals surface area contributed by atoms with Crippen LogP contribution in [0.5, 0.6) is 5.75 Å². The maximum atomic E-state index is 16.1. The van der Waals surface area contributed by atoms with E-state index in [1.54, 1.807) is 68.7 Å². The Hall–Kier alpha value is -5.05. The fourth-order valence-electron chi connectivity index (χ4n) is 6.08. The van der Waals surface area contributed by atoms with Crippen LogP contribution in [0.1, 0.15) is 76.1 Å². The molecule has 4 aromatic carbocycles. The van der Waals surface area contributed by atoms with E-state index < -0.39 is 23.7 Å². The van der Waals surface area contributed by atoms with Crippen LogP contribution in [0.2, 0.25) is 0 Å². The SMILES string of the molecule is CN(C)C(=O)c1cccc(C(Oc2ccc(-c3nc4cc(C(=O)O)ccc4n3C3CCCCC3)c(F)c2)c2ccc(F)cc2)c1. The Bertz CT molecular complexity index is 1880. The molecule has 45 heavy (non-hydrogen) atoms. The van der Waals surface area contributed by atoms with Crippen molar-refractivity contribution in [3.63, 3.8) is 0 Å². The first kappa shape index (κ1) is 30.0. The Morgan fingerprint density at radius 1 is 0.889 bits per heavy atom. The van der Waals surface area contributed by atoms with Gasteiger partial charge in [0.15, 0.2) is 0 Å². The molecule has 1 aliphatic rings. The number of carbonyl (C=O) groups excluding carboxylic acids is 1. The number of hydrogen-bond acceptors (Lipinski definition) is 4. The topological polar surface area (TPSA) is 84.7 Å². The van der Waals surface area contributed by atoms with Crippen LogP contribution < -0.4 is 4.74 Å². The molecule has 0 radical (unpaired) electrons. The summed E-state index contributed by atoms with van der Waals surface area (Å²) >= 11 is 0. The highest BCUT2D eigenvalue weighted by atomic mass is 19.1. The maximum Gasteiger partial charge on any atom is 0.335 e. The highest BCUT2D eigenvalue weighted by molar-refractivity contribution is 5.94. The number of imidazole rings is 1. The van der Waals surface area contributed by atoms with Crippen molar-refractivity contribution >= 4 is 22.9 Å². The number of hydrogen-bond donors (Lipinski definition) is 1. The van der Waals surface area contributed by atoms with Crippen molar-refractivity contribution in [3.05, 3.63) is 119 Å². The summed E-state index contributed by atoms with van der Waals surface area (Å²) in [6.45, 7) is 0. The number of rotatable bonds is 8. The summed E-state index contributed by atoms with van der Waals surface area (Å²) in [4.78, 5) is 30.5. The van der Waals surface area contributed by atoms with Gasteiger partial charge in [0.2, 0.25) is 0 Å². The summed E-state index contributed by atoms with van der Waals surface area (Å²) in [5.41, 5.74) is 3.40. The number of aromatic nitrogens is 2. The largest absolute Gasteiger partial charge is 0.481 e. The van der Waals surface area contributed by atoms with Gasteiger partial charge in [-0.1, -0.05) is 43.5 Å². The molecule has 1 aliphatic carbocycles. The van der Waals surface area contributed by atoms with Gasteiger partial charge in [-0.25, -0.2) is 18.6 Å². The molecule has 7 nitrogen and oxygen atoms in total. The standard InChI is InChI=1S/C36H33F2N3O4/c1-40(2)35(42)24-8-6-7-23(19-24)33(22-11-14-26(37)15-12-22)45-28-16-17-29(30(38)21-28)34-39-31-20-25(36(43)44)13-18-32(31)41(34)27-9-4-3-5-10-27/h6-8,11-21,27,33H,3-5,9-10H2,1-2H3,(H,43,44). The van der Waals surface area contributed by atoms with E-state index in [1.807, 2.05) is 10.6 Å². The van der Waals surface area contributed by atoms with Crippen molar-refractivity contribution in [2.45, 2.75) is 44.2 Å². The van der Waals surface area contributed by atoms with Gasteiger partial charge >= 0.3 is 5.97 Å². The molecule has 0 aliphatic heterocycles. The predicted molar refractivity (Wildman–Crippen MR) is 168 cm³/mol. The van der Waals surface area contributed by atoms with Gasteiger partial charge in [-0.15, -0.1) is 0 Å². The fraction of sp³-hybridized carbons (Fsp3) is 0.250. The zero-order chi connectivity index (χ0) is 31.7. The number of aromatic carboxylic acids is 1. The zero-order valence-electron chi connectivity index (χ0n) is 25.0. The molecular weight excluding hydrogens is 576 g/mol. The molecule has 0 saturated heterocycles. The van der Waals surface area contributed by atoms with Crippen LogP contribution >= 0.6 is 0 Å². The van der Waals surface area contributed by atoms with Crippen molar-refractivity contribution < 1.29 is 28.2 Å². The molecule has 6 rings (SSSR count). The molecule has 1 N–H and O–H groups in total. The number of ether oxygens (including phenoxy) is 1. The lowest BCUT2D eigenvalue weighted by Crippen LogP contribution is -2.22. The van der Waals surface area contributed by atoms with Crippen molar-refractivity contribution in [2.24, 2.45) is 0 Å².